The third-order valence-electron chi connectivity index (χ3n) is 9.29. The van der Waals surface area contributed by atoms with Crippen LogP contribution < -0.4 is 9.47 Å². The second kappa shape index (κ2) is 18.6. The quantitative estimate of drug-likeness (QED) is 0.0975. The molecule has 246 valence electrons. The lowest BCUT2D eigenvalue weighted by molar-refractivity contribution is 0.242. The molecule has 2 nitrogen and oxygen atoms in total. The SMILES string of the molecule is C=C(CCC(=C)C(=C)C)CCC(C)COc1ccc(C(C)(C)c2ccc(OCC(C)CCC(C)CCC(=C)C(=C)C)cc2)cc1. The summed E-state index contributed by atoms with van der Waals surface area (Å²) in [6.45, 7) is 37.4. The Balaban J connectivity index is 1.78. The van der Waals surface area contributed by atoms with Crippen molar-refractivity contribution in [2.75, 3.05) is 13.2 Å². The van der Waals surface area contributed by atoms with Crippen molar-refractivity contribution in [3.05, 3.63) is 120 Å². The van der Waals surface area contributed by atoms with E-state index in [0.29, 0.717) is 24.4 Å². The summed E-state index contributed by atoms with van der Waals surface area (Å²) < 4.78 is 12.3. The second-order valence-corrected chi connectivity index (χ2v) is 14.3. The Hall–Kier alpha value is -3.26. The third kappa shape index (κ3) is 13.7. The molecule has 2 heteroatoms. The van der Waals surface area contributed by atoms with Gasteiger partial charge in [-0.15, -0.1) is 0 Å². The average molecular weight is 611 g/mol. The molecule has 0 bridgehead atoms. The third-order valence-corrected chi connectivity index (χ3v) is 9.29. The fraction of sp³-hybridized carbons (Fsp3) is 0.488. The molecule has 0 amide bonds. The molecule has 0 saturated heterocycles. The van der Waals surface area contributed by atoms with Gasteiger partial charge in [0.2, 0.25) is 0 Å². The fourth-order valence-electron chi connectivity index (χ4n) is 5.21. The van der Waals surface area contributed by atoms with Gasteiger partial charge in [0.05, 0.1) is 13.2 Å². The molecule has 0 aliphatic heterocycles. The first-order valence-electron chi connectivity index (χ1n) is 17.0. The summed E-state index contributed by atoms with van der Waals surface area (Å²) in [4.78, 5) is 0. The minimum atomic E-state index is -0.126. The van der Waals surface area contributed by atoms with Crippen LogP contribution in [0.3, 0.4) is 0 Å². The molecule has 2 rings (SSSR count). The van der Waals surface area contributed by atoms with Crippen LogP contribution in [0.4, 0.5) is 0 Å². The van der Waals surface area contributed by atoms with Crippen LogP contribution in [0.15, 0.2) is 109 Å². The number of rotatable bonds is 22. The number of benzene rings is 2. The maximum atomic E-state index is 6.17. The highest BCUT2D eigenvalue weighted by molar-refractivity contribution is 5.42. The lowest BCUT2D eigenvalue weighted by Gasteiger charge is -2.26. The van der Waals surface area contributed by atoms with E-state index in [4.69, 9.17) is 9.47 Å². The zero-order chi connectivity index (χ0) is 33.6. The molecular formula is C43H62O2. The van der Waals surface area contributed by atoms with Gasteiger partial charge in [-0.3, -0.25) is 0 Å². The zero-order valence-corrected chi connectivity index (χ0v) is 29.8. The lowest BCUT2D eigenvalue weighted by Crippen LogP contribution is -2.19. The Kier molecular flexibility index (Phi) is 15.7. The van der Waals surface area contributed by atoms with E-state index in [1.807, 2.05) is 13.8 Å². The Morgan fingerprint density at radius 3 is 1.42 bits per heavy atom. The van der Waals surface area contributed by atoms with E-state index in [0.717, 1.165) is 66.9 Å². The van der Waals surface area contributed by atoms with E-state index in [2.05, 4.69) is 116 Å². The molecular weight excluding hydrogens is 548 g/mol. The number of ether oxygens (including phenoxy) is 2. The lowest BCUT2D eigenvalue weighted by atomic mass is 9.78. The standard InChI is InChI=1S/C43H62O2/c1-31(2)37(9)19-17-33(5)13-15-35(7)29-44-41-25-21-39(22-26-41)43(11,12)40-23-27-42(28-24-40)45-30-36(8)16-14-34(6)18-20-38(10)32(3)4/h21-28,34-36H,1,3,5,9-10,13-20,29-30H2,2,4,6-8,11-12H3. The summed E-state index contributed by atoms with van der Waals surface area (Å²) in [5.41, 5.74) is 8.16. The molecule has 0 heterocycles. The molecule has 3 unspecified atom stereocenters. The molecule has 0 aromatic heterocycles. The predicted octanol–water partition coefficient (Wildman–Crippen LogP) is 12.6. The second-order valence-electron chi connectivity index (χ2n) is 14.3. The molecule has 0 aliphatic carbocycles. The van der Waals surface area contributed by atoms with Crippen molar-refractivity contribution in [3.8, 4) is 11.5 Å². The first-order chi connectivity index (χ1) is 21.2. The minimum Gasteiger partial charge on any atom is -0.493 e. The Morgan fingerprint density at radius 1 is 0.556 bits per heavy atom. The largest absolute Gasteiger partial charge is 0.493 e. The molecule has 3 atom stereocenters. The normalized spacial score (nSPS) is 13.4. The molecule has 0 fully saturated rings. The Morgan fingerprint density at radius 2 is 0.956 bits per heavy atom. The van der Waals surface area contributed by atoms with Gasteiger partial charge in [0.1, 0.15) is 11.5 Å². The molecule has 0 radical (unpaired) electrons. The van der Waals surface area contributed by atoms with Gasteiger partial charge in [0.25, 0.3) is 0 Å². The summed E-state index contributed by atoms with van der Waals surface area (Å²) in [5, 5.41) is 0. The maximum Gasteiger partial charge on any atom is 0.119 e. The van der Waals surface area contributed by atoms with Crippen LogP contribution in [0, 0.1) is 17.8 Å². The summed E-state index contributed by atoms with van der Waals surface area (Å²) in [7, 11) is 0. The van der Waals surface area contributed by atoms with Crippen molar-refractivity contribution in [2.24, 2.45) is 17.8 Å². The summed E-state index contributed by atoms with van der Waals surface area (Å²) in [6.07, 6.45) is 8.66. The van der Waals surface area contributed by atoms with Gasteiger partial charge in [0, 0.05) is 5.41 Å². The molecule has 0 aliphatic rings. The maximum absolute atomic E-state index is 6.17. The van der Waals surface area contributed by atoms with Crippen LogP contribution in [0.2, 0.25) is 0 Å². The van der Waals surface area contributed by atoms with Crippen LogP contribution in [0.1, 0.15) is 111 Å². The van der Waals surface area contributed by atoms with Gasteiger partial charge in [-0.1, -0.05) is 126 Å². The van der Waals surface area contributed by atoms with Crippen molar-refractivity contribution in [3.63, 3.8) is 0 Å². The van der Waals surface area contributed by atoms with Gasteiger partial charge in [-0.2, -0.15) is 0 Å². The van der Waals surface area contributed by atoms with Crippen molar-refractivity contribution in [2.45, 2.75) is 105 Å². The smallest absolute Gasteiger partial charge is 0.119 e. The first kappa shape index (κ1) is 37.9. The van der Waals surface area contributed by atoms with Gasteiger partial charge in [0.15, 0.2) is 0 Å². The van der Waals surface area contributed by atoms with Crippen molar-refractivity contribution in [1.29, 1.82) is 0 Å². The molecule has 0 N–H and O–H groups in total. The summed E-state index contributed by atoms with van der Waals surface area (Å²) in [5.74, 6) is 3.53. The Bertz CT molecular complexity index is 1260. The minimum absolute atomic E-state index is 0.126. The van der Waals surface area contributed by atoms with Gasteiger partial charge < -0.3 is 9.47 Å². The highest BCUT2D eigenvalue weighted by Gasteiger charge is 2.23. The van der Waals surface area contributed by atoms with E-state index >= 15 is 0 Å². The topological polar surface area (TPSA) is 18.5 Å². The molecule has 0 spiro atoms. The van der Waals surface area contributed by atoms with Crippen LogP contribution in [0.25, 0.3) is 0 Å². The fourth-order valence-corrected chi connectivity index (χ4v) is 5.21. The highest BCUT2D eigenvalue weighted by atomic mass is 16.5. The van der Waals surface area contributed by atoms with Crippen LogP contribution in [-0.4, -0.2) is 13.2 Å². The monoisotopic (exact) mass is 610 g/mol. The van der Waals surface area contributed by atoms with Crippen LogP contribution >= 0.6 is 0 Å². The average Bonchev–Trinajstić information content (AvgIpc) is 3.02. The van der Waals surface area contributed by atoms with E-state index in [1.165, 1.54) is 41.5 Å². The molecule has 45 heavy (non-hydrogen) atoms. The van der Waals surface area contributed by atoms with Crippen LogP contribution in [-0.2, 0) is 5.41 Å². The van der Waals surface area contributed by atoms with Gasteiger partial charge in [-0.25, -0.2) is 0 Å². The van der Waals surface area contributed by atoms with Gasteiger partial charge >= 0.3 is 0 Å². The van der Waals surface area contributed by atoms with E-state index in [9.17, 15) is 0 Å². The predicted molar refractivity (Wildman–Crippen MR) is 197 cm³/mol. The first-order valence-corrected chi connectivity index (χ1v) is 17.0. The Labute approximate surface area is 277 Å². The van der Waals surface area contributed by atoms with Gasteiger partial charge in [-0.05, 0) is 112 Å². The van der Waals surface area contributed by atoms with E-state index in [-0.39, 0.29) is 5.41 Å². The number of allylic oxidation sites excluding steroid dienone is 5. The van der Waals surface area contributed by atoms with Crippen molar-refractivity contribution >= 4 is 0 Å². The van der Waals surface area contributed by atoms with E-state index in [1.54, 1.807) is 0 Å². The summed E-state index contributed by atoms with van der Waals surface area (Å²) in [6, 6.07) is 17.2. The molecule has 2 aromatic carbocycles. The van der Waals surface area contributed by atoms with E-state index < -0.39 is 0 Å². The zero-order valence-electron chi connectivity index (χ0n) is 29.8. The summed E-state index contributed by atoms with van der Waals surface area (Å²) >= 11 is 0. The number of hydrogen-bond acceptors (Lipinski definition) is 2. The van der Waals surface area contributed by atoms with Crippen LogP contribution in [0.5, 0.6) is 11.5 Å². The molecule has 0 saturated carbocycles. The highest BCUT2D eigenvalue weighted by Crippen LogP contribution is 2.34. The van der Waals surface area contributed by atoms with Crippen molar-refractivity contribution in [1.82, 2.24) is 0 Å². The van der Waals surface area contributed by atoms with Crippen molar-refractivity contribution < 1.29 is 9.47 Å². The molecule has 2 aromatic rings. The number of hydrogen-bond donors (Lipinski definition) is 0.